The van der Waals surface area contributed by atoms with Crippen LogP contribution in [0.3, 0.4) is 0 Å². The summed E-state index contributed by atoms with van der Waals surface area (Å²) in [5.74, 6) is 0.198. The van der Waals surface area contributed by atoms with Gasteiger partial charge in [0.15, 0.2) is 0 Å². The van der Waals surface area contributed by atoms with Crippen molar-refractivity contribution in [3.63, 3.8) is 0 Å². The monoisotopic (exact) mass is 340 g/mol. The Balaban J connectivity index is 1.98. The van der Waals surface area contributed by atoms with Crippen molar-refractivity contribution in [1.82, 2.24) is 5.32 Å². The lowest BCUT2D eigenvalue weighted by Crippen LogP contribution is -2.33. The van der Waals surface area contributed by atoms with Crippen LogP contribution in [0.15, 0.2) is 48.5 Å². The van der Waals surface area contributed by atoms with E-state index in [0.717, 1.165) is 11.3 Å². The van der Waals surface area contributed by atoms with Gasteiger partial charge in [-0.3, -0.25) is 9.59 Å². The fourth-order valence-electron chi connectivity index (χ4n) is 2.50. The maximum atomic E-state index is 12.3. The van der Waals surface area contributed by atoms with E-state index in [0.29, 0.717) is 23.8 Å². The fourth-order valence-corrected chi connectivity index (χ4v) is 2.50. The quantitative estimate of drug-likeness (QED) is 0.809. The Morgan fingerprint density at radius 2 is 1.72 bits per heavy atom. The molecule has 0 aliphatic rings. The van der Waals surface area contributed by atoms with Crippen LogP contribution in [0.25, 0.3) is 0 Å². The van der Waals surface area contributed by atoms with Crippen LogP contribution in [0.1, 0.15) is 42.6 Å². The van der Waals surface area contributed by atoms with Crippen LogP contribution in [-0.4, -0.2) is 25.0 Å². The summed E-state index contributed by atoms with van der Waals surface area (Å²) in [7, 11) is 0. The molecule has 0 aliphatic heterocycles. The molecule has 0 radical (unpaired) electrons. The molecule has 5 heteroatoms. The molecule has 0 saturated carbocycles. The minimum atomic E-state index is -0.337. The summed E-state index contributed by atoms with van der Waals surface area (Å²) in [6.07, 6.45) is 0. The molecule has 0 atom stereocenters. The highest BCUT2D eigenvalue weighted by atomic mass is 16.5. The van der Waals surface area contributed by atoms with Crippen molar-refractivity contribution in [2.24, 2.45) is 0 Å². The molecule has 0 unspecified atom stereocenters. The first-order valence-corrected chi connectivity index (χ1v) is 8.41. The number of para-hydroxylation sites is 2. The Morgan fingerprint density at radius 1 is 1.04 bits per heavy atom. The molecule has 2 amide bonds. The molecule has 0 heterocycles. The van der Waals surface area contributed by atoms with Crippen LogP contribution in [0.2, 0.25) is 0 Å². The minimum absolute atomic E-state index is 0.105. The number of nitrogens with one attached hydrogen (secondary N) is 2. The molecule has 2 rings (SSSR count). The second-order valence-electron chi connectivity index (χ2n) is 5.90. The standard InChI is InChI=1S/C20H24N2O3/c1-4-25-18-12-8-6-10-16(18)20(24)21-13-19(23)22-17-11-7-5-9-15(17)14(2)3/h5-12,14H,4,13H2,1-3H3,(H,21,24)(H,22,23). The molecule has 2 aromatic carbocycles. The molecule has 0 spiro atoms. The predicted octanol–water partition coefficient (Wildman–Crippen LogP) is 3.58. The van der Waals surface area contributed by atoms with E-state index in [1.54, 1.807) is 24.3 Å². The molecule has 2 N–H and O–H groups in total. The number of hydrogen-bond acceptors (Lipinski definition) is 3. The summed E-state index contributed by atoms with van der Waals surface area (Å²) in [5, 5.41) is 5.49. The second kappa shape index (κ2) is 8.87. The molecular weight excluding hydrogens is 316 g/mol. The molecule has 25 heavy (non-hydrogen) atoms. The van der Waals surface area contributed by atoms with E-state index in [4.69, 9.17) is 4.74 Å². The van der Waals surface area contributed by atoms with Gasteiger partial charge in [-0.1, -0.05) is 44.2 Å². The maximum absolute atomic E-state index is 12.3. The molecule has 0 bridgehead atoms. The zero-order valence-electron chi connectivity index (χ0n) is 14.8. The molecule has 132 valence electrons. The van der Waals surface area contributed by atoms with Gasteiger partial charge in [-0.15, -0.1) is 0 Å². The highest BCUT2D eigenvalue weighted by molar-refractivity contribution is 6.01. The van der Waals surface area contributed by atoms with Crippen molar-refractivity contribution >= 4 is 17.5 Å². The van der Waals surface area contributed by atoms with E-state index < -0.39 is 0 Å². The lowest BCUT2D eigenvalue weighted by Gasteiger charge is -2.14. The van der Waals surface area contributed by atoms with Crippen LogP contribution in [0, 0.1) is 0 Å². The Kier molecular flexibility index (Phi) is 6.57. The van der Waals surface area contributed by atoms with Crippen LogP contribution >= 0.6 is 0 Å². The van der Waals surface area contributed by atoms with Crippen molar-refractivity contribution in [2.75, 3.05) is 18.5 Å². The van der Waals surface area contributed by atoms with Crippen molar-refractivity contribution in [1.29, 1.82) is 0 Å². The van der Waals surface area contributed by atoms with Crippen molar-refractivity contribution < 1.29 is 14.3 Å². The molecule has 0 saturated heterocycles. The van der Waals surface area contributed by atoms with Crippen LogP contribution < -0.4 is 15.4 Å². The van der Waals surface area contributed by atoms with Gasteiger partial charge < -0.3 is 15.4 Å². The van der Waals surface area contributed by atoms with E-state index in [2.05, 4.69) is 24.5 Å². The first kappa shape index (κ1) is 18.5. The summed E-state index contributed by atoms with van der Waals surface area (Å²) >= 11 is 0. The maximum Gasteiger partial charge on any atom is 0.255 e. The Morgan fingerprint density at radius 3 is 2.44 bits per heavy atom. The first-order valence-electron chi connectivity index (χ1n) is 8.41. The van der Waals surface area contributed by atoms with Gasteiger partial charge in [0.2, 0.25) is 5.91 Å². The number of carbonyl (C=O) groups is 2. The van der Waals surface area contributed by atoms with Gasteiger partial charge in [-0.05, 0) is 36.6 Å². The van der Waals surface area contributed by atoms with Crippen LogP contribution in [-0.2, 0) is 4.79 Å². The molecule has 5 nitrogen and oxygen atoms in total. The first-order chi connectivity index (χ1) is 12.0. The van der Waals surface area contributed by atoms with E-state index >= 15 is 0 Å². The van der Waals surface area contributed by atoms with E-state index in [9.17, 15) is 9.59 Å². The van der Waals surface area contributed by atoms with Crippen molar-refractivity contribution in [2.45, 2.75) is 26.7 Å². The largest absolute Gasteiger partial charge is 0.493 e. The van der Waals surface area contributed by atoms with Crippen molar-refractivity contribution in [3.05, 3.63) is 59.7 Å². The molecule has 2 aromatic rings. The fraction of sp³-hybridized carbons (Fsp3) is 0.300. The van der Waals surface area contributed by atoms with E-state index in [1.165, 1.54) is 0 Å². The third kappa shape index (κ3) is 5.08. The highest BCUT2D eigenvalue weighted by Gasteiger charge is 2.14. The second-order valence-corrected chi connectivity index (χ2v) is 5.90. The topological polar surface area (TPSA) is 67.4 Å². The number of carbonyl (C=O) groups excluding carboxylic acids is 2. The Bertz CT molecular complexity index is 741. The average Bonchev–Trinajstić information content (AvgIpc) is 2.61. The van der Waals surface area contributed by atoms with Gasteiger partial charge in [0, 0.05) is 5.69 Å². The number of hydrogen-bond donors (Lipinski definition) is 2. The van der Waals surface area contributed by atoms with Crippen LogP contribution in [0.5, 0.6) is 5.75 Å². The van der Waals surface area contributed by atoms with Gasteiger partial charge in [0.25, 0.3) is 5.91 Å². The van der Waals surface area contributed by atoms with Gasteiger partial charge >= 0.3 is 0 Å². The van der Waals surface area contributed by atoms with Gasteiger partial charge in [-0.25, -0.2) is 0 Å². The summed E-state index contributed by atoms with van der Waals surface area (Å²) in [5.41, 5.74) is 2.25. The van der Waals surface area contributed by atoms with Gasteiger partial charge in [0.05, 0.1) is 18.7 Å². The molecule has 0 aliphatic carbocycles. The minimum Gasteiger partial charge on any atom is -0.493 e. The summed E-state index contributed by atoms with van der Waals surface area (Å²) in [4.78, 5) is 24.5. The molecular formula is C20H24N2O3. The number of rotatable bonds is 7. The predicted molar refractivity (Wildman–Crippen MR) is 99.1 cm³/mol. The Labute approximate surface area is 148 Å². The van der Waals surface area contributed by atoms with E-state index in [-0.39, 0.29) is 18.4 Å². The average molecular weight is 340 g/mol. The normalized spacial score (nSPS) is 10.4. The Hall–Kier alpha value is -2.82. The third-order valence-corrected chi connectivity index (χ3v) is 3.70. The lowest BCUT2D eigenvalue weighted by molar-refractivity contribution is -0.115. The molecule has 0 fully saturated rings. The van der Waals surface area contributed by atoms with Crippen LogP contribution in [0.4, 0.5) is 5.69 Å². The highest BCUT2D eigenvalue weighted by Crippen LogP contribution is 2.23. The summed E-state index contributed by atoms with van der Waals surface area (Å²) in [6.45, 7) is 6.35. The number of amides is 2. The smallest absolute Gasteiger partial charge is 0.255 e. The summed E-state index contributed by atoms with van der Waals surface area (Å²) < 4.78 is 5.44. The van der Waals surface area contributed by atoms with Gasteiger partial charge in [-0.2, -0.15) is 0 Å². The number of anilines is 1. The van der Waals surface area contributed by atoms with Crippen molar-refractivity contribution in [3.8, 4) is 5.75 Å². The zero-order valence-corrected chi connectivity index (χ0v) is 14.8. The SMILES string of the molecule is CCOc1ccccc1C(=O)NCC(=O)Nc1ccccc1C(C)C. The number of ether oxygens (including phenoxy) is 1. The third-order valence-electron chi connectivity index (χ3n) is 3.70. The summed E-state index contributed by atoms with van der Waals surface area (Å²) in [6, 6.07) is 14.6. The number of benzene rings is 2. The van der Waals surface area contributed by atoms with E-state index in [1.807, 2.05) is 31.2 Å². The van der Waals surface area contributed by atoms with Gasteiger partial charge in [0.1, 0.15) is 5.75 Å². The molecule has 0 aromatic heterocycles. The zero-order chi connectivity index (χ0) is 18.2. The lowest BCUT2D eigenvalue weighted by atomic mass is 10.0.